The predicted octanol–water partition coefficient (Wildman–Crippen LogP) is 3.11. The summed E-state index contributed by atoms with van der Waals surface area (Å²) in [6, 6.07) is 17.8. The Morgan fingerprint density at radius 3 is 2.65 bits per heavy atom. The molecular formula is C21H21N3O2. The Morgan fingerprint density at radius 2 is 1.88 bits per heavy atom. The van der Waals surface area contributed by atoms with E-state index in [9.17, 15) is 4.79 Å². The van der Waals surface area contributed by atoms with Crippen LogP contribution < -0.4 is 10.1 Å². The Morgan fingerprint density at radius 1 is 1.15 bits per heavy atom. The van der Waals surface area contributed by atoms with Crippen LogP contribution >= 0.6 is 0 Å². The lowest BCUT2D eigenvalue weighted by Gasteiger charge is -2.12. The largest absolute Gasteiger partial charge is 0.480 e. The van der Waals surface area contributed by atoms with Gasteiger partial charge in [-0.05, 0) is 37.6 Å². The van der Waals surface area contributed by atoms with Crippen molar-refractivity contribution in [2.45, 2.75) is 32.9 Å². The fourth-order valence-electron chi connectivity index (χ4n) is 3.37. The number of carbonyl (C=O) groups excluding carboxylic acids is 1. The maximum absolute atomic E-state index is 12.5. The molecule has 2 aromatic carbocycles. The van der Waals surface area contributed by atoms with Gasteiger partial charge in [-0.2, -0.15) is 5.10 Å². The summed E-state index contributed by atoms with van der Waals surface area (Å²) in [5, 5.41) is 7.63. The molecule has 0 aliphatic carbocycles. The van der Waals surface area contributed by atoms with Crippen LogP contribution in [-0.4, -0.2) is 21.8 Å². The van der Waals surface area contributed by atoms with E-state index in [1.807, 2.05) is 73.1 Å². The van der Waals surface area contributed by atoms with Gasteiger partial charge in [0.15, 0.2) is 6.10 Å². The van der Waals surface area contributed by atoms with Crippen molar-refractivity contribution in [3.63, 3.8) is 0 Å². The minimum absolute atomic E-state index is 0.0903. The lowest BCUT2D eigenvalue weighted by Crippen LogP contribution is -2.37. The molecule has 5 nitrogen and oxygen atoms in total. The van der Waals surface area contributed by atoms with E-state index in [1.54, 1.807) is 0 Å². The second-order valence-electron chi connectivity index (χ2n) is 6.53. The molecule has 1 amide bonds. The number of para-hydroxylation sites is 2. The smallest absolute Gasteiger partial charge is 0.261 e. The Bertz CT molecular complexity index is 922. The molecule has 0 spiro atoms. The summed E-state index contributed by atoms with van der Waals surface area (Å²) >= 11 is 0. The van der Waals surface area contributed by atoms with Crippen LogP contribution in [0.1, 0.15) is 22.5 Å². The zero-order chi connectivity index (χ0) is 18.1. The number of carbonyl (C=O) groups is 1. The summed E-state index contributed by atoms with van der Waals surface area (Å²) in [5.74, 6) is 0.712. The maximum atomic E-state index is 12.5. The van der Waals surface area contributed by atoms with Crippen LogP contribution in [0.25, 0.3) is 5.69 Å². The molecule has 0 fully saturated rings. The molecule has 0 saturated heterocycles. The molecule has 1 atom stereocenters. The van der Waals surface area contributed by atoms with Crippen molar-refractivity contribution in [2.24, 2.45) is 0 Å². The van der Waals surface area contributed by atoms with Crippen LogP contribution in [0.4, 0.5) is 0 Å². The molecule has 4 rings (SSSR count). The van der Waals surface area contributed by atoms with Crippen molar-refractivity contribution in [2.75, 3.05) is 0 Å². The summed E-state index contributed by atoms with van der Waals surface area (Å²) in [4.78, 5) is 12.5. The molecule has 1 unspecified atom stereocenters. The van der Waals surface area contributed by atoms with Crippen molar-refractivity contribution in [1.82, 2.24) is 15.1 Å². The molecular weight excluding hydrogens is 326 g/mol. The number of aryl methyl sites for hydroxylation is 1. The van der Waals surface area contributed by atoms with Gasteiger partial charge in [0.25, 0.3) is 5.91 Å². The Labute approximate surface area is 152 Å². The van der Waals surface area contributed by atoms with Gasteiger partial charge in [0.05, 0.1) is 11.4 Å². The van der Waals surface area contributed by atoms with Crippen molar-refractivity contribution in [3.05, 3.63) is 77.1 Å². The van der Waals surface area contributed by atoms with Gasteiger partial charge in [-0.3, -0.25) is 4.79 Å². The predicted molar refractivity (Wildman–Crippen MR) is 99.4 cm³/mol. The van der Waals surface area contributed by atoms with Gasteiger partial charge >= 0.3 is 0 Å². The highest BCUT2D eigenvalue weighted by atomic mass is 16.5. The Hall–Kier alpha value is -3.08. The Kier molecular flexibility index (Phi) is 4.21. The Balaban J connectivity index is 1.46. The quantitative estimate of drug-likeness (QED) is 0.789. The maximum Gasteiger partial charge on any atom is 0.261 e. The summed E-state index contributed by atoms with van der Waals surface area (Å²) in [5.41, 5.74) is 5.08. The normalized spacial score (nSPS) is 15.4. The van der Waals surface area contributed by atoms with E-state index in [4.69, 9.17) is 4.74 Å². The third-order valence-electron chi connectivity index (χ3n) is 4.82. The monoisotopic (exact) mass is 347 g/mol. The molecule has 5 heteroatoms. The van der Waals surface area contributed by atoms with E-state index in [0.717, 1.165) is 34.0 Å². The third-order valence-corrected chi connectivity index (χ3v) is 4.82. The molecule has 3 aromatic rings. The number of benzene rings is 2. The highest BCUT2D eigenvalue weighted by molar-refractivity contribution is 5.82. The number of ether oxygens (including phenoxy) is 1. The highest BCUT2D eigenvalue weighted by Gasteiger charge is 2.28. The molecule has 0 radical (unpaired) electrons. The number of amides is 1. The van der Waals surface area contributed by atoms with Crippen molar-refractivity contribution >= 4 is 5.91 Å². The van der Waals surface area contributed by atoms with Crippen LogP contribution in [0.5, 0.6) is 5.75 Å². The van der Waals surface area contributed by atoms with E-state index in [-0.39, 0.29) is 5.91 Å². The van der Waals surface area contributed by atoms with Crippen molar-refractivity contribution in [3.8, 4) is 11.4 Å². The molecule has 26 heavy (non-hydrogen) atoms. The molecule has 1 N–H and O–H groups in total. The average Bonchev–Trinajstić information content (AvgIpc) is 3.22. The minimum atomic E-state index is -0.461. The number of rotatable bonds is 4. The van der Waals surface area contributed by atoms with E-state index in [0.29, 0.717) is 13.0 Å². The number of aromatic nitrogens is 2. The molecule has 132 valence electrons. The van der Waals surface area contributed by atoms with Gasteiger partial charge in [-0.25, -0.2) is 4.68 Å². The van der Waals surface area contributed by atoms with Crippen LogP contribution in [0, 0.1) is 13.8 Å². The first-order valence-electron chi connectivity index (χ1n) is 8.76. The topological polar surface area (TPSA) is 56.2 Å². The lowest BCUT2D eigenvalue weighted by atomic mass is 10.1. The van der Waals surface area contributed by atoms with E-state index < -0.39 is 6.10 Å². The van der Waals surface area contributed by atoms with Gasteiger partial charge in [0, 0.05) is 24.2 Å². The first kappa shape index (κ1) is 16.4. The number of nitrogens with one attached hydrogen (secondary N) is 1. The van der Waals surface area contributed by atoms with Crippen molar-refractivity contribution < 1.29 is 9.53 Å². The second-order valence-corrected chi connectivity index (χ2v) is 6.53. The van der Waals surface area contributed by atoms with E-state index in [2.05, 4.69) is 10.4 Å². The summed E-state index contributed by atoms with van der Waals surface area (Å²) in [6.07, 6.45) is 0.153. The lowest BCUT2D eigenvalue weighted by molar-refractivity contribution is -0.127. The molecule has 0 bridgehead atoms. The summed E-state index contributed by atoms with van der Waals surface area (Å²) < 4.78 is 7.67. The van der Waals surface area contributed by atoms with Crippen LogP contribution in [0.15, 0.2) is 54.6 Å². The number of hydrogen-bond acceptors (Lipinski definition) is 3. The zero-order valence-corrected chi connectivity index (χ0v) is 14.9. The second kappa shape index (κ2) is 6.67. The number of hydrogen-bond donors (Lipinski definition) is 1. The average molecular weight is 347 g/mol. The first-order valence-corrected chi connectivity index (χ1v) is 8.76. The van der Waals surface area contributed by atoms with E-state index in [1.165, 1.54) is 0 Å². The van der Waals surface area contributed by atoms with Gasteiger partial charge in [-0.1, -0.05) is 36.4 Å². The highest BCUT2D eigenvalue weighted by Crippen LogP contribution is 2.28. The van der Waals surface area contributed by atoms with Crippen LogP contribution in [0.3, 0.4) is 0 Å². The van der Waals surface area contributed by atoms with E-state index >= 15 is 0 Å². The van der Waals surface area contributed by atoms with Gasteiger partial charge in [0.1, 0.15) is 5.75 Å². The zero-order valence-electron chi connectivity index (χ0n) is 14.9. The molecule has 2 heterocycles. The summed E-state index contributed by atoms with van der Waals surface area (Å²) in [6.45, 7) is 4.44. The SMILES string of the molecule is Cc1nn(-c2ccccc2)c(C)c1CNC(=O)C1Cc2ccccc2O1. The minimum Gasteiger partial charge on any atom is -0.480 e. The molecule has 1 aliphatic rings. The molecule has 1 aromatic heterocycles. The molecule has 0 saturated carbocycles. The fraction of sp³-hybridized carbons (Fsp3) is 0.238. The van der Waals surface area contributed by atoms with Gasteiger partial charge in [0.2, 0.25) is 0 Å². The van der Waals surface area contributed by atoms with Gasteiger partial charge in [-0.15, -0.1) is 0 Å². The standard InChI is InChI=1S/C21H21N3O2/c1-14-18(15(2)24(23-14)17-9-4-3-5-10-17)13-22-21(25)20-12-16-8-6-7-11-19(16)26-20/h3-11,20H,12-13H2,1-2H3,(H,22,25). The first-order chi connectivity index (χ1) is 12.6. The summed E-state index contributed by atoms with van der Waals surface area (Å²) in [7, 11) is 0. The number of nitrogens with zero attached hydrogens (tertiary/aromatic N) is 2. The van der Waals surface area contributed by atoms with Crippen molar-refractivity contribution in [1.29, 1.82) is 0 Å². The number of fused-ring (bicyclic) bond motifs is 1. The third kappa shape index (κ3) is 2.96. The van der Waals surface area contributed by atoms with Crippen LogP contribution in [0.2, 0.25) is 0 Å². The van der Waals surface area contributed by atoms with Crippen LogP contribution in [-0.2, 0) is 17.8 Å². The van der Waals surface area contributed by atoms with Gasteiger partial charge < -0.3 is 10.1 Å². The fourth-order valence-corrected chi connectivity index (χ4v) is 3.37. The molecule has 1 aliphatic heterocycles.